The van der Waals surface area contributed by atoms with Crippen LogP contribution in [-0.4, -0.2) is 58.7 Å². The fourth-order valence-electron chi connectivity index (χ4n) is 4.00. The fraction of sp³-hybridized carbons (Fsp3) is 0.409. The van der Waals surface area contributed by atoms with Gasteiger partial charge in [0, 0.05) is 10.6 Å². The molecule has 4 rings (SSSR count). The van der Waals surface area contributed by atoms with E-state index in [0.29, 0.717) is 29.9 Å². The Morgan fingerprint density at radius 2 is 1.90 bits per heavy atom. The van der Waals surface area contributed by atoms with Gasteiger partial charge in [-0.15, -0.1) is 0 Å². The van der Waals surface area contributed by atoms with Crippen LogP contribution in [0.15, 0.2) is 42.5 Å². The average Bonchev–Trinajstić information content (AvgIpc) is 3.14. The van der Waals surface area contributed by atoms with Crippen LogP contribution in [0, 0.1) is 0 Å². The van der Waals surface area contributed by atoms with Crippen LogP contribution in [0.2, 0.25) is 5.02 Å². The average molecular weight is 435 g/mol. The van der Waals surface area contributed by atoms with E-state index < -0.39 is 29.7 Å². The molecule has 2 saturated heterocycles. The van der Waals surface area contributed by atoms with E-state index in [1.807, 2.05) is 31.2 Å². The lowest BCUT2D eigenvalue weighted by Crippen LogP contribution is -2.64. The van der Waals surface area contributed by atoms with Crippen LogP contribution in [0.1, 0.15) is 23.6 Å². The number of carbonyl (C=O) groups excluding carboxylic acids is 1. The molecular formula is C22H23ClO7. The summed E-state index contributed by atoms with van der Waals surface area (Å²) in [7, 11) is 0. The number of carbonyl (C=O) groups is 1. The summed E-state index contributed by atoms with van der Waals surface area (Å²) in [5.74, 6) is -1.01. The Balaban J connectivity index is 1.67. The third-order valence-electron chi connectivity index (χ3n) is 5.67. The van der Waals surface area contributed by atoms with Gasteiger partial charge in [0.1, 0.15) is 24.1 Å². The Bertz CT molecular complexity index is 934. The molecule has 0 aliphatic carbocycles. The van der Waals surface area contributed by atoms with Crippen LogP contribution in [0.25, 0.3) is 0 Å². The molecule has 0 unspecified atom stereocenters. The fourth-order valence-corrected chi connectivity index (χ4v) is 4.18. The van der Waals surface area contributed by atoms with E-state index in [1.54, 1.807) is 18.2 Å². The first-order valence-corrected chi connectivity index (χ1v) is 10.1. The number of benzene rings is 2. The molecule has 5 atom stereocenters. The first-order chi connectivity index (χ1) is 14.3. The quantitative estimate of drug-likeness (QED) is 0.592. The molecule has 2 aromatic rings. The predicted octanol–water partition coefficient (Wildman–Crippen LogP) is 1.56. The van der Waals surface area contributed by atoms with Gasteiger partial charge in [-0.1, -0.05) is 29.8 Å². The predicted molar refractivity (Wildman–Crippen MR) is 107 cm³/mol. The Labute approximate surface area is 178 Å². The van der Waals surface area contributed by atoms with Crippen molar-refractivity contribution >= 4 is 17.9 Å². The Kier molecular flexibility index (Phi) is 5.61. The lowest BCUT2D eigenvalue weighted by molar-refractivity contribution is -0.316. The van der Waals surface area contributed by atoms with Gasteiger partial charge in [0.05, 0.1) is 13.2 Å². The summed E-state index contributed by atoms with van der Waals surface area (Å²) in [6.45, 7) is 2.21. The number of hydrogen-bond acceptors (Lipinski definition) is 7. The van der Waals surface area contributed by atoms with Crippen LogP contribution in [0.4, 0.5) is 0 Å². The topological polar surface area (TPSA) is 105 Å². The van der Waals surface area contributed by atoms with Gasteiger partial charge in [0.2, 0.25) is 5.79 Å². The lowest BCUT2D eigenvalue weighted by Gasteiger charge is -2.44. The number of fused-ring (bicyclic) bond motifs is 2. The minimum absolute atomic E-state index is 0.289. The van der Waals surface area contributed by atoms with Crippen molar-refractivity contribution in [3.05, 3.63) is 64.2 Å². The van der Waals surface area contributed by atoms with Crippen molar-refractivity contribution in [3.8, 4) is 5.75 Å². The van der Waals surface area contributed by atoms with Crippen LogP contribution in [0.5, 0.6) is 5.75 Å². The highest BCUT2D eigenvalue weighted by molar-refractivity contribution is 6.31. The summed E-state index contributed by atoms with van der Waals surface area (Å²) in [6.07, 6.45) is -3.91. The van der Waals surface area contributed by atoms with E-state index in [9.17, 15) is 20.1 Å². The lowest BCUT2D eigenvalue weighted by atomic mass is 9.84. The molecule has 160 valence electrons. The van der Waals surface area contributed by atoms with Crippen molar-refractivity contribution in [2.24, 2.45) is 0 Å². The van der Waals surface area contributed by atoms with Crippen LogP contribution in [0.3, 0.4) is 0 Å². The molecule has 0 spiro atoms. The van der Waals surface area contributed by atoms with E-state index in [4.69, 9.17) is 25.8 Å². The molecule has 8 heteroatoms. The molecule has 2 aliphatic rings. The molecule has 2 bridgehead atoms. The smallest absolute Gasteiger partial charge is 0.225 e. The second-order valence-corrected chi connectivity index (χ2v) is 7.98. The monoisotopic (exact) mass is 434 g/mol. The zero-order chi connectivity index (χ0) is 21.5. The molecule has 0 saturated carbocycles. The summed E-state index contributed by atoms with van der Waals surface area (Å²) in [4.78, 5) is 11.6. The van der Waals surface area contributed by atoms with E-state index in [2.05, 4.69) is 0 Å². The van der Waals surface area contributed by atoms with Crippen molar-refractivity contribution in [3.63, 3.8) is 0 Å². The van der Waals surface area contributed by atoms with Crippen molar-refractivity contribution < 1.29 is 34.3 Å². The molecule has 0 radical (unpaired) electrons. The van der Waals surface area contributed by atoms with Gasteiger partial charge in [-0.2, -0.15) is 0 Å². The molecule has 0 amide bonds. The number of ether oxygens (including phenoxy) is 3. The standard InChI is InChI=1S/C22H23ClO7/c1-2-28-16-6-3-13(4-7-16)9-14-10-15(5-8-17(14)23)22-20(27)18(25)19(26)21(11-24,30-22)12-29-22/h3-8,10-11,18-20,25-27H,2,9,12H2,1H3/t18-,19-,20+,21-,22-/m0/s1. The highest BCUT2D eigenvalue weighted by atomic mass is 35.5. The molecule has 30 heavy (non-hydrogen) atoms. The number of aldehydes is 1. The summed E-state index contributed by atoms with van der Waals surface area (Å²) in [5.41, 5.74) is 0.393. The zero-order valence-electron chi connectivity index (χ0n) is 16.3. The third kappa shape index (κ3) is 3.32. The van der Waals surface area contributed by atoms with Gasteiger partial charge in [-0.25, -0.2) is 0 Å². The third-order valence-corrected chi connectivity index (χ3v) is 6.04. The minimum atomic E-state index is -1.78. The number of hydrogen-bond donors (Lipinski definition) is 3. The highest BCUT2D eigenvalue weighted by Gasteiger charge is 2.67. The SMILES string of the molecule is CCOc1ccc(Cc2cc([C@]34OC[C@](C=O)(O3)[C@@H](O)[C@H](O)[C@H]4O)ccc2Cl)cc1. The zero-order valence-corrected chi connectivity index (χ0v) is 17.1. The maximum absolute atomic E-state index is 11.6. The van der Waals surface area contributed by atoms with Crippen LogP contribution in [-0.2, 0) is 26.5 Å². The summed E-state index contributed by atoms with van der Waals surface area (Å²) < 4.78 is 16.9. The second-order valence-electron chi connectivity index (χ2n) is 7.57. The molecule has 2 heterocycles. The Hall–Kier alpha value is -2.00. The van der Waals surface area contributed by atoms with E-state index >= 15 is 0 Å². The largest absolute Gasteiger partial charge is 0.494 e. The van der Waals surface area contributed by atoms with Gasteiger partial charge in [-0.3, -0.25) is 4.79 Å². The maximum atomic E-state index is 11.6. The van der Waals surface area contributed by atoms with Crippen molar-refractivity contribution in [2.45, 2.75) is 43.0 Å². The summed E-state index contributed by atoms with van der Waals surface area (Å²) in [5, 5.41) is 31.7. The van der Waals surface area contributed by atoms with Gasteiger partial charge in [0.15, 0.2) is 11.9 Å². The maximum Gasteiger partial charge on any atom is 0.225 e. The van der Waals surface area contributed by atoms with Crippen molar-refractivity contribution in [1.29, 1.82) is 0 Å². The summed E-state index contributed by atoms with van der Waals surface area (Å²) in [6, 6.07) is 12.6. The number of rotatable bonds is 6. The normalized spacial score (nSPS) is 32.8. The van der Waals surface area contributed by atoms with Gasteiger partial charge >= 0.3 is 0 Å². The molecule has 7 nitrogen and oxygen atoms in total. The number of aliphatic hydroxyl groups excluding tert-OH is 3. The molecule has 3 N–H and O–H groups in total. The van der Waals surface area contributed by atoms with E-state index in [0.717, 1.165) is 16.9 Å². The molecule has 2 fully saturated rings. The van der Waals surface area contributed by atoms with Gasteiger partial charge in [0.25, 0.3) is 0 Å². The van der Waals surface area contributed by atoms with Crippen LogP contribution >= 0.6 is 11.6 Å². The van der Waals surface area contributed by atoms with Gasteiger partial charge < -0.3 is 29.5 Å². The van der Waals surface area contributed by atoms with Gasteiger partial charge in [-0.05, 0) is 48.7 Å². The minimum Gasteiger partial charge on any atom is -0.494 e. The van der Waals surface area contributed by atoms with E-state index in [-0.39, 0.29) is 6.61 Å². The van der Waals surface area contributed by atoms with Crippen molar-refractivity contribution in [2.75, 3.05) is 13.2 Å². The first kappa shape index (κ1) is 21.2. The second kappa shape index (κ2) is 7.92. The molecule has 0 aromatic heterocycles. The van der Waals surface area contributed by atoms with Crippen molar-refractivity contribution in [1.82, 2.24) is 0 Å². The Morgan fingerprint density at radius 1 is 1.17 bits per heavy atom. The molecular weight excluding hydrogens is 412 g/mol. The highest BCUT2D eigenvalue weighted by Crippen LogP contribution is 2.49. The molecule has 2 aliphatic heterocycles. The van der Waals surface area contributed by atoms with E-state index in [1.165, 1.54) is 0 Å². The van der Waals surface area contributed by atoms with Crippen LogP contribution < -0.4 is 4.74 Å². The Morgan fingerprint density at radius 3 is 2.57 bits per heavy atom. The molecule has 2 aromatic carbocycles. The first-order valence-electron chi connectivity index (χ1n) is 9.70. The number of aliphatic hydroxyl groups is 3. The number of halogens is 1. The summed E-state index contributed by atoms with van der Waals surface area (Å²) >= 11 is 6.39.